The third-order valence-electron chi connectivity index (χ3n) is 7.06. The standard InChI is InChI=1S/C31H35ClN2O3/c1-22-15-16-28(17-23(22)2)37-21-30(35)34(20-25-11-8-12-26(32)18-25)29(19-24-9-4-3-5-10-24)31(36)33-27-13-6-7-14-27/h3-5,8-12,15-18,27,29H,6-7,13-14,19-21H2,1-2H3,(H,33,36)/t29-/m1/s1. The zero-order valence-electron chi connectivity index (χ0n) is 21.6. The summed E-state index contributed by atoms with van der Waals surface area (Å²) < 4.78 is 5.91. The summed E-state index contributed by atoms with van der Waals surface area (Å²) in [4.78, 5) is 29.1. The molecule has 2 amide bonds. The number of halogens is 1. The highest BCUT2D eigenvalue weighted by Gasteiger charge is 2.32. The number of hydrogen-bond donors (Lipinski definition) is 1. The van der Waals surface area contributed by atoms with Crippen LogP contribution in [0.15, 0.2) is 72.8 Å². The first-order valence-corrected chi connectivity index (χ1v) is 13.3. The molecule has 0 aromatic heterocycles. The highest BCUT2D eigenvalue weighted by Crippen LogP contribution is 2.22. The first-order chi connectivity index (χ1) is 17.9. The van der Waals surface area contributed by atoms with Gasteiger partial charge < -0.3 is 15.0 Å². The number of nitrogens with zero attached hydrogens (tertiary/aromatic N) is 1. The van der Waals surface area contributed by atoms with E-state index in [9.17, 15) is 9.59 Å². The summed E-state index contributed by atoms with van der Waals surface area (Å²) in [5, 5.41) is 3.81. The molecule has 1 fully saturated rings. The molecule has 0 radical (unpaired) electrons. The van der Waals surface area contributed by atoms with E-state index in [0.717, 1.165) is 47.9 Å². The highest BCUT2D eigenvalue weighted by molar-refractivity contribution is 6.30. The number of nitrogens with one attached hydrogen (secondary N) is 1. The zero-order valence-corrected chi connectivity index (χ0v) is 22.3. The van der Waals surface area contributed by atoms with Crippen molar-refractivity contribution in [2.45, 2.75) is 64.6 Å². The molecule has 1 aliphatic rings. The smallest absolute Gasteiger partial charge is 0.261 e. The Balaban J connectivity index is 1.61. The van der Waals surface area contributed by atoms with Crippen LogP contribution in [0.25, 0.3) is 0 Å². The maximum atomic E-state index is 13.7. The highest BCUT2D eigenvalue weighted by atomic mass is 35.5. The molecule has 3 aromatic rings. The van der Waals surface area contributed by atoms with E-state index >= 15 is 0 Å². The fourth-order valence-electron chi connectivity index (χ4n) is 4.79. The van der Waals surface area contributed by atoms with Crippen LogP contribution in [0.1, 0.15) is 47.9 Å². The second kappa shape index (κ2) is 12.8. The van der Waals surface area contributed by atoms with Gasteiger partial charge in [-0.3, -0.25) is 9.59 Å². The minimum Gasteiger partial charge on any atom is -0.484 e. The molecule has 6 heteroatoms. The molecule has 1 aliphatic carbocycles. The lowest BCUT2D eigenvalue weighted by molar-refractivity contribution is -0.143. The fourth-order valence-corrected chi connectivity index (χ4v) is 5.00. The molecule has 0 heterocycles. The topological polar surface area (TPSA) is 58.6 Å². The lowest BCUT2D eigenvalue weighted by Crippen LogP contribution is -2.53. The van der Waals surface area contributed by atoms with Crippen LogP contribution in [-0.2, 0) is 22.6 Å². The Morgan fingerprint density at radius 3 is 2.38 bits per heavy atom. The van der Waals surface area contributed by atoms with Crippen molar-refractivity contribution in [1.29, 1.82) is 0 Å². The maximum Gasteiger partial charge on any atom is 0.261 e. The third-order valence-corrected chi connectivity index (χ3v) is 7.29. The molecule has 3 aromatic carbocycles. The third kappa shape index (κ3) is 7.59. The van der Waals surface area contributed by atoms with E-state index in [2.05, 4.69) is 5.32 Å². The van der Waals surface area contributed by atoms with Gasteiger partial charge in [0.2, 0.25) is 5.91 Å². The van der Waals surface area contributed by atoms with Crippen LogP contribution in [0.5, 0.6) is 5.75 Å². The number of amides is 2. The normalized spacial score (nSPS) is 14.2. The molecule has 5 nitrogen and oxygen atoms in total. The van der Waals surface area contributed by atoms with Gasteiger partial charge in [0.15, 0.2) is 6.61 Å². The molecule has 1 N–H and O–H groups in total. The zero-order chi connectivity index (χ0) is 26.2. The van der Waals surface area contributed by atoms with Gasteiger partial charge in [-0.25, -0.2) is 0 Å². The van der Waals surface area contributed by atoms with Gasteiger partial charge >= 0.3 is 0 Å². The van der Waals surface area contributed by atoms with Gasteiger partial charge in [-0.05, 0) is 73.2 Å². The predicted molar refractivity (Wildman–Crippen MR) is 148 cm³/mol. The largest absolute Gasteiger partial charge is 0.484 e. The molecular formula is C31H35ClN2O3. The van der Waals surface area contributed by atoms with E-state index in [1.807, 2.05) is 80.6 Å². The van der Waals surface area contributed by atoms with Crippen LogP contribution < -0.4 is 10.1 Å². The summed E-state index contributed by atoms with van der Waals surface area (Å²) in [6.45, 7) is 4.14. The van der Waals surface area contributed by atoms with Crippen molar-refractivity contribution in [2.24, 2.45) is 0 Å². The van der Waals surface area contributed by atoms with E-state index < -0.39 is 6.04 Å². The monoisotopic (exact) mass is 518 g/mol. The van der Waals surface area contributed by atoms with Crippen molar-refractivity contribution in [1.82, 2.24) is 10.2 Å². The van der Waals surface area contributed by atoms with E-state index in [0.29, 0.717) is 17.2 Å². The molecular weight excluding hydrogens is 484 g/mol. The average Bonchev–Trinajstić information content (AvgIpc) is 3.40. The van der Waals surface area contributed by atoms with E-state index in [1.165, 1.54) is 0 Å². The van der Waals surface area contributed by atoms with E-state index in [4.69, 9.17) is 16.3 Å². The summed E-state index contributed by atoms with van der Waals surface area (Å²) in [5.74, 6) is 0.257. The summed E-state index contributed by atoms with van der Waals surface area (Å²) in [6.07, 6.45) is 4.59. The van der Waals surface area contributed by atoms with Crippen molar-refractivity contribution in [3.05, 3.63) is 100 Å². The number of carbonyl (C=O) groups is 2. The van der Waals surface area contributed by atoms with Crippen LogP contribution in [0.4, 0.5) is 0 Å². The van der Waals surface area contributed by atoms with E-state index in [1.54, 1.807) is 11.0 Å². The Kier molecular flexibility index (Phi) is 9.24. The van der Waals surface area contributed by atoms with Crippen molar-refractivity contribution in [3.8, 4) is 5.75 Å². The Bertz CT molecular complexity index is 1210. The number of carbonyl (C=O) groups excluding carboxylic acids is 2. The SMILES string of the molecule is Cc1ccc(OCC(=O)N(Cc2cccc(Cl)c2)[C@H](Cc2ccccc2)C(=O)NC2CCCC2)cc1C. The average molecular weight is 519 g/mol. The quantitative estimate of drug-likeness (QED) is 0.356. The first-order valence-electron chi connectivity index (χ1n) is 13.0. The van der Waals surface area contributed by atoms with Crippen molar-refractivity contribution >= 4 is 23.4 Å². The number of rotatable bonds is 10. The maximum absolute atomic E-state index is 13.7. The molecule has 0 aliphatic heterocycles. The minimum absolute atomic E-state index is 0.127. The molecule has 194 valence electrons. The number of hydrogen-bond acceptors (Lipinski definition) is 3. The van der Waals surface area contributed by atoms with Crippen LogP contribution in [0.2, 0.25) is 5.02 Å². The second-order valence-electron chi connectivity index (χ2n) is 9.88. The van der Waals surface area contributed by atoms with Gasteiger partial charge in [0, 0.05) is 24.0 Å². The molecule has 4 rings (SSSR count). The van der Waals surface area contributed by atoms with Gasteiger partial charge in [-0.2, -0.15) is 0 Å². The van der Waals surface area contributed by atoms with Gasteiger partial charge in [0.05, 0.1) is 0 Å². The van der Waals surface area contributed by atoms with E-state index in [-0.39, 0.29) is 31.0 Å². The molecule has 0 unspecified atom stereocenters. The second-order valence-corrected chi connectivity index (χ2v) is 10.3. The van der Waals surface area contributed by atoms with Crippen LogP contribution >= 0.6 is 11.6 Å². The number of aryl methyl sites for hydroxylation is 2. The molecule has 37 heavy (non-hydrogen) atoms. The summed E-state index contributed by atoms with van der Waals surface area (Å²) in [6, 6.07) is 22.5. The Morgan fingerprint density at radius 1 is 0.946 bits per heavy atom. The lowest BCUT2D eigenvalue weighted by Gasteiger charge is -2.32. The summed E-state index contributed by atoms with van der Waals surface area (Å²) >= 11 is 6.25. The molecule has 0 bridgehead atoms. The van der Waals surface area contributed by atoms with Crippen molar-refractivity contribution < 1.29 is 14.3 Å². The molecule has 0 saturated heterocycles. The first kappa shape index (κ1) is 26.7. The Hall–Kier alpha value is -3.31. The van der Waals surface area contributed by atoms with Crippen molar-refractivity contribution in [2.75, 3.05) is 6.61 Å². The van der Waals surface area contributed by atoms with Gasteiger partial charge in [0.25, 0.3) is 5.91 Å². The van der Waals surface area contributed by atoms with Crippen LogP contribution in [0.3, 0.4) is 0 Å². The Morgan fingerprint density at radius 2 is 1.68 bits per heavy atom. The predicted octanol–water partition coefficient (Wildman–Crippen LogP) is 6.03. The van der Waals surface area contributed by atoms with Gasteiger partial charge in [-0.1, -0.05) is 73.0 Å². The van der Waals surface area contributed by atoms with Gasteiger partial charge in [0.1, 0.15) is 11.8 Å². The number of benzene rings is 3. The van der Waals surface area contributed by atoms with Crippen LogP contribution in [0, 0.1) is 13.8 Å². The lowest BCUT2D eigenvalue weighted by atomic mass is 10.0. The van der Waals surface area contributed by atoms with Crippen LogP contribution in [-0.4, -0.2) is 35.4 Å². The summed E-state index contributed by atoms with van der Waals surface area (Å²) in [5.41, 5.74) is 4.11. The Labute approximate surface area is 224 Å². The number of ether oxygens (including phenoxy) is 1. The van der Waals surface area contributed by atoms with Crippen molar-refractivity contribution in [3.63, 3.8) is 0 Å². The molecule has 1 saturated carbocycles. The fraction of sp³-hybridized carbons (Fsp3) is 0.355. The van der Waals surface area contributed by atoms with Gasteiger partial charge in [-0.15, -0.1) is 0 Å². The molecule has 1 atom stereocenters. The minimum atomic E-state index is -0.683. The summed E-state index contributed by atoms with van der Waals surface area (Å²) in [7, 11) is 0. The molecule has 0 spiro atoms.